The Kier molecular flexibility index (Phi) is 10.4. The first-order valence-electron chi connectivity index (χ1n) is 13.5. The van der Waals surface area contributed by atoms with Crippen LogP contribution in [0.25, 0.3) is 11.0 Å². The predicted molar refractivity (Wildman–Crippen MR) is 160 cm³/mol. The zero-order chi connectivity index (χ0) is 33.5. The van der Waals surface area contributed by atoms with Crippen molar-refractivity contribution in [2.75, 3.05) is 11.9 Å². The normalized spacial score (nSPS) is 12.8. The molecule has 3 aromatic carbocycles. The first-order valence-corrected chi connectivity index (χ1v) is 15.0. The Morgan fingerprint density at radius 2 is 1.65 bits per heavy atom. The minimum absolute atomic E-state index is 0.0238. The molecule has 0 saturated heterocycles. The van der Waals surface area contributed by atoms with E-state index in [1.165, 1.54) is 42.0 Å². The van der Waals surface area contributed by atoms with Gasteiger partial charge in [0.05, 0.1) is 6.61 Å². The minimum Gasteiger partial charge on any atom is -0.465 e. The molecule has 0 bridgehead atoms. The molecule has 0 radical (unpaired) electrons. The number of benzene rings is 3. The Labute approximate surface area is 260 Å². The van der Waals surface area contributed by atoms with Gasteiger partial charge in [0.25, 0.3) is 5.91 Å². The van der Waals surface area contributed by atoms with Gasteiger partial charge in [-0.25, -0.2) is 13.2 Å². The molecule has 242 valence electrons. The summed E-state index contributed by atoms with van der Waals surface area (Å²) in [5, 5.41) is 3.08. The summed E-state index contributed by atoms with van der Waals surface area (Å²) in [5.74, 6) is -2.00. The first-order chi connectivity index (χ1) is 21.8. The molecule has 0 aliphatic heterocycles. The van der Waals surface area contributed by atoms with Crippen LogP contribution < -0.4 is 15.8 Å². The first kappa shape index (κ1) is 33.7. The number of hydrogen-bond donors (Lipinski definition) is 3. The topological polar surface area (TPSA) is 179 Å². The van der Waals surface area contributed by atoms with E-state index in [4.69, 9.17) is 19.6 Å². The van der Waals surface area contributed by atoms with Crippen LogP contribution in [-0.4, -0.2) is 50.4 Å². The molecule has 1 aromatic heterocycles. The quantitative estimate of drug-likeness (QED) is 0.117. The number of anilines is 1. The van der Waals surface area contributed by atoms with Crippen LogP contribution in [0.5, 0.6) is 0 Å². The molecule has 1 atom stereocenters. The summed E-state index contributed by atoms with van der Waals surface area (Å²) in [6, 6.07) is 18.9. The molecule has 0 spiro atoms. The molecule has 1 heterocycles. The Hall–Kier alpha value is -5.22. The lowest BCUT2D eigenvalue weighted by molar-refractivity contribution is -0.145. The molecule has 0 saturated carbocycles. The highest BCUT2D eigenvalue weighted by Crippen LogP contribution is 2.24. The number of amides is 2. The molecule has 4 rings (SSSR count). The van der Waals surface area contributed by atoms with Crippen LogP contribution in [-0.2, 0) is 37.3 Å². The highest BCUT2D eigenvalue weighted by atomic mass is 32.2. The van der Waals surface area contributed by atoms with Gasteiger partial charge in [-0.05, 0) is 60.9 Å². The van der Waals surface area contributed by atoms with Crippen LogP contribution >= 0.6 is 0 Å². The fourth-order valence-electron chi connectivity index (χ4n) is 4.05. The average Bonchev–Trinajstić information content (AvgIpc) is 3.44. The molecule has 2 amide bonds. The summed E-state index contributed by atoms with van der Waals surface area (Å²) in [5.41, 5.74) is 2.40. The van der Waals surface area contributed by atoms with Crippen LogP contribution in [0.15, 0.2) is 88.3 Å². The second-order valence-corrected chi connectivity index (χ2v) is 11.3. The van der Waals surface area contributed by atoms with E-state index in [1.54, 1.807) is 42.5 Å². The number of esters is 1. The molecule has 12 nitrogen and oxygen atoms in total. The number of furan rings is 1. The number of aliphatic imine (C=N–C) groups is 1. The molecule has 4 N–H and O–H groups in total. The lowest BCUT2D eigenvalue weighted by atomic mass is 10.1. The van der Waals surface area contributed by atoms with Crippen molar-refractivity contribution in [3.05, 3.63) is 101 Å². The molecule has 4 aromatic rings. The van der Waals surface area contributed by atoms with Crippen LogP contribution in [0.1, 0.15) is 34.2 Å². The van der Waals surface area contributed by atoms with Gasteiger partial charge in [-0.15, -0.1) is 0 Å². The fourth-order valence-corrected chi connectivity index (χ4v) is 4.74. The van der Waals surface area contributed by atoms with Crippen molar-refractivity contribution in [1.29, 1.82) is 0 Å². The van der Waals surface area contributed by atoms with Gasteiger partial charge < -0.3 is 24.9 Å². The Morgan fingerprint density at radius 3 is 2.30 bits per heavy atom. The molecule has 0 aliphatic rings. The zero-order valence-corrected chi connectivity index (χ0v) is 24.9. The number of nitrogens with two attached hydrogens (primary N) is 1. The van der Waals surface area contributed by atoms with Gasteiger partial charge in [0.1, 0.15) is 24.1 Å². The molecule has 0 fully saturated rings. The number of sulfonamides is 1. The van der Waals surface area contributed by atoms with Crippen LogP contribution in [0.3, 0.4) is 0 Å². The molecule has 0 aliphatic carbocycles. The second-order valence-electron chi connectivity index (χ2n) is 9.63. The monoisotopic (exact) mass is 660 g/mol. The molecular weight excluding hydrogens is 633 g/mol. The van der Waals surface area contributed by atoms with Gasteiger partial charge in [0.2, 0.25) is 0 Å². The van der Waals surface area contributed by atoms with Gasteiger partial charge in [-0.1, -0.05) is 42.5 Å². The van der Waals surface area contributed by atoms with E-state index in [2.05, 4.69) is 10.3 Å². The summed E-state index contributed by atoms with van der Waals surface area (Å²) in [4.78, 5) is 40.9. The largest absolute Gasteiger partial charge is 0.511 e. The Morgan fingerprint density at radius 1 is 0.957 bits per heavy atom. The van der Waals surface area contributed by atoms with E-state index in [0.29, 0.717) is 16.5 Å². The average molecular weight is 661 g/mol. The lowest BCUT2D eigenvalue weighted by Crippen LogP contribution is -2.48. The number of ether oxygens (including phenoxy) is 2. The van der Waals surface area contributed by atoms with Gasteiger partial charge >= 0.3 is 27.6 Å². The van der Waals surface area contributed by atoms with E-state index in [1.807, 2.05) is 6.07 Å². The number of nitrogens with zero attached hydrogens (tertiary/aromatic N) is 1. The Balaban J connectivity index is 1.40. The van der Waals surface area contributed by atoms with Gasteiger partial charge in [-0.3, -0.25) is 9.59 Å². The minimum atomic E-state index is -5.82. The predicted octanol–water partition coefficient (Wildman–Crippen LogP) is 4.64. The van der Waals surface area contributed by atoms with E-state index in [0.717, 1.165) is 5.56 Å². The molecule has 16 heteroatoms. The second kappa shape index (κ2) is 14.3. The maximum Gasteiger partial charge on any atom is 0.511 e. The van der Waals surface area contributed by atoms with E-state index in [9.17, 15) is 36.0 Å². The maximum atomic E-state index is 12.9. The van der Waals surface area contributed by atoms with Gasteiger partial charge in [0.15, 0.2) is 5.76 Å². The van der Waals surface area contributed by atoms with Crippen molar-refractivity contribution in [2.45, 2.75) is 31.5 Å². The maximum absolute atomic E-state index is 12.9. The van der Waals surface area contributed by atoms with E-state index < -0.39 is 46.0 Å². The number of amidine groups is 1. The van der Waals surface area contributed by atoms with Gasteiger partial charge in [0, 0.05) is 16.6 Å². The number of carbonyl (C=O) groups excluding carboxylic acids is 3. The highest BCUT2D eigenvalue weighted by molar-refractivity contribution is 7.90. The molecular formula is C30H27F3N4O8S. The number of nitrogens with one attached hydrogen (secondary N) is 2. The number of rotatable bonds is 11. The van der Waals surface area contributed by atoms with Crippen molar-refractivity contribution >= 4 is 50.5 Å². The summed E-state index contributed by atoms with van der Waals surface area (Å²) < 4.78 is 78.5. The zero-order valence-electron chi connectivity index (χ0n) is 24.0. The number of hydrogen-bond acceptors (Lipinski definition) is 8. The van der Waals surface area contributed by atoms with Crippen LogP contribution in [0.2, 0.25) is 0 Å². The Bertz CT molecular complexity index is 1860. The fraction of sp³-hybridized carbons (Fsp3) is 0.200. The van der Waals surface area contributed by atoms with Gasteiger partial charge in [-0.2, -0.15) is 22.9 Å². The van der Waals surface area contributed by atoms with E-state index in [-0.39, 0.29) is 36.1 Å². The van der Waals surface area contributed by atoms with E-state index >= 15 is 0 Å². The summed E-state index contributed by atoms with van der Waals surface area (Å²) in [7, 11) is -5.82. The SMILES string of the molecule is CCOC(=O)[C@H](Cc1ccc(NC(=O)c2cc3cc(C(N)=NC(=O)OCc4ccccc4)ccc3o2)cc1)NS(=O)(=O)C(F)(F)F. The summed E-state index contributed by atoms with van der Waals surface area (Å²) >= 11 is 0. The smallest absolute Gasteiger partial charge is 0.465 e. The summed E-state index contributed by atoms with van der Waals surface area (Å²) in [6.07, 6.45) is -1.33. The third-order valence-electron chi connectivity index (χ3n) is 6.28. The summed E-state index contributed by atoms with van der Waals surface area (Å²) in [6.45, 7) is 1.26. The number of carbonyl (C=O) groups is 3. The lowest BCUT2D eigenvalue weighted by Gasteiger charge is -2.18. The standard InChI is InChI=1S/C30H27F3N4O8S/c1-2-43-28(39)23(37-46(41,42)30(31,32)33)14-18-8-11-22(12-9-18)35-27(38)25-16-21-15-20(10-13-24(21)45-25)26(34)36-29(40)44-17-19-6-4-3-5-7-19/h3-13,15-16,23,37H,2,14,17H2,1H3,(H,35,38)(H2,34,36,40)/t23-/m0/s1. The van der Waals surface area contributed by atoms with Crippen molar-refractivity contribution < 1.29 is 49.9 Å². The molecule has 46 heavy (non-hydrogen) atoms. The van der Waals surface area contributed by atoms with Crippen molar-refractivity contribution in [2.24, 2.45) is 10.7 Å². The van der Waals surface area contributed by atoms with Crippen molar-refractivity contribution in [1.82, 2.24) is 4.72 Å². The van der Waals surface area contributed by atoms with Crippen molar-refractivity contribution in [3.63, 3.8) is 0 Å². The van der Waals surface area contributed by atoms with Crippen molar-refractivity contribution in [3.8, 4) is 0 Å². The molecule has 0 unspecified atom stereocenters. The number of fused-ring (bicyclic) bond motifs is 1. The number of halogens is 3. The van der Waals surface area contributed by atoms with Crippen LogP contribution in [0, 0.1) is 0 Å². The highest BCUT2D eigenvalue weighted by Gasteiger charge is 2.48. The number of alkyl halides is 3. The third-order valence-corrected chi connectivity index (χ3v) is 7.48. The van der Waals surface area contributed by atoms with Crippen LogP contribution in [0.4, 0.5) is 23.7 Å². The third kappa shape index (κ3) is 8.70.